The van der Waals surface area contributed by atoms with E-state index in [0.717, 1.165) is 43.0 Å². The fraction of sp³-hybridized carbons (Fsp3) is 0.514. The Bertz CT molecular complexity index is 1500. The molecule has 1 amide bonds. The Morgan fingerprint density at radius 1 is 0.978 bits per heavy atom. The molecule has 10 heteroatoms. The Morgan fingerprint density at radius 2 is 1.73 bits per heavy atom. The predicted octanol–water partition coefficient (Wildman–Crippen LogP) is 3.73. The number of aromatic nitrogens is 1. The van der Waals surface area contributed by atoms with Crippen LogP contribution in [0.5, 0.6) is 0 Å². The van der Waals surface area contributed by atoms with Gasteiger partial charge >= 0.3 is 0 Å². The van der Waals surface area contributed by atoms with Gasteiger partial charge in [0.25, 0.3) is 5.91 Å². The normalized spacial score (nSPS) is 19.0. The number of fused-ring (bicyclic) bond motifs is 1. The van der Waals surface area contributed by atoms with E-state index < -0.39 is 18.1 Å². The van der Waals surface area contributed by atoms with Gasteiger partial charge in [-0.25, -0.2) is 19.2 Å². The Morgan fingerprint density at radius 3 is 2.40 bits per heavy atom. The summed E-state index contributed by atoms with van der Waals surface area (Å²) in [4.78, 5) is 64.5. The second-order valence-corrected chi connectivity index (χ2v) is 12.3. The van der Waals surface area contributed by atoms with E-state index in [1.165, 1.54) is 6.08 Å². The molecule has 0 bridgehead atoms. The van der Waals surface area contributed by atoms with Crippen LogP contribution in [0.2, 0.25) is 0 Å². The van der Waals surface area contributed by atoms with Crippen LogP contribution >= 0.6 is 0 Å². The number of hydrogen-bond acceptors (Lipinski definition) is 8. The van der Waals surface area contributed by atoms with E-state index in [-0.39, 0.29) is 29.1 Å². The Balaban J connectivity index is 1.59. The number of hydrogen-bond donors (Lipinski definition) is 5. The van der Waals surface area contributed by atoms with Crippen molar-refractivity contribution in [3.63, 3.8) is 0 Å². The molecule has 2 heterocycles. The van der Waals surface area contributed by atoms with Gasteiger partial charge in [-0.1, -0.05) is 70.6 Å². The molecule has 4 rings (SSSR count). The molecule has 45 heavy (non-hydrogen) atoms. The SMILES string of the molecule is CCC(C)[C@H](NC(=O)c1cc2ccccc2[nH]1)C(=C=O)N[C@@H](CC1CCCCC1)C(=C=O)N[C@H](C=C=O)C[C@@H]1CCNC1=C=O. The van der Waals surface area contributed by atoms with Gasteiger partial charge in [-0.05, 0) is 43.2 Å². The highest BCUT2D eigenvalue weighted by Gasteiger charge is 2.31. The fourth-order valence-corrected chi connectivity index (χ4v) is 6.51. The molecule has 1 aliphatic carbocycles. The minimum absolute atomic E-state index is 0.136. The van der Waals surface area contributed by atoms with Crippen molar-refractivity contribution in [1.29, 1.82) is 0 Å². The highest BCUT2D eigenvalue weighted by atomic mass is 16.2. The summed E-state index contributed by atoms with van der Waals surface area (Å²) < 4.78 is 0. The predicted molar refractivity (Wildman–Crippen MR) is 173 cm³/mol. The maximum Gasteiger partial charge on any atom is 0.268 e. The third-order valence-electron chi connectivity index (χ3n) is 9.25. The van der Waals surface area contributed by atoms with Crippen molar-refractivity contribution in [2.75, 3.05) is 6.54 Å². The van der Waals surface area contributed by atoms with Crippen LogP contribution in [0.4, 0.5) is 0 Å². The molecule has 5 N–H and O–H groups in total. The number of rotatable bonds is 15. The first-order valence-electron chi connectivity index (χ1n) is 16.0. The zero-order valence-electron chi connectivity index (χ0n) is 26.0. The molecule has 0 radical (unpaired) electrons. The van der Waals surface area contributed by atoms with Crippen molar-refractivity contribution in [1.82, 2.24) is 26.3 Å². The van der Waals surface area contributed by atoms with Crippen LogP contribution in [-0.2, 0) is 19.2 Å². The van der Waals surface area contributed by atoms with E-state index in [9.17, 15) is 24.0 Å². The van der Waals surface area contributed by atoms with Gasteiger partial charge in [0, 0.05) is 29.4 Å². The quantitative estimate of drug-likeness (QED) is 0.191. The highest BCUT2D eigenvalue weighted by Crippen LogP contribution is 2.30. The number of amides is 1. The molecule has 0 spiro atoms. The van der Waals surface area contributed by atoms with E-state index in [4.69, 9.17) is 0 Å². The zero-order valence-corrected chi connectivity index (χ0v) is 26.0. The number of benzene rings is 1. The van der Waals surface area contributed by atoms with Crippen molar-refractivity contribution in [2.45, 2.75) is 89.8 Å². The maximum absolute atomic E-state index is 13.4. The number of aromatic amines is 1. The average molecular weight is 614 g/mol. The minimum Gasteiger partial charge on any atom is -0.379 e. The summed E-state index contributed by atoms with van der Waals surface area (Å²) in [7, 11) is 0. The van der Waals surface area contributed by atoms with Gasteiger partial charge < -0.3 is 26.3 Å². The summed E-state index contributed by atoms with van der Waals surface area (Å²) in [6, 6.07) is 7.40. The molecule has 5 atom stereocenters. The topological polar surface area (TPSA) is 149 Å². The number of allylic oxidation sites excluding steroid dienone is 1. The second-order valence-electron chi connectivity index (χ2n) is 12.3. The first kappa shape index (κ1) is 33.3. The summed E-state index contributed by atoms with van der Waals surface area (Å²) >= 11 is 0. The minimum atomic E-state index is -0.705. The first-order chi connectivity index (χ1) is 21.9. The van der Waals surface area contributed by atoms with Crippen molar-refractivity contribution >= 4 is 40.6 Å². The van der Waals surface area contributed by atoms with Crippen LogP contribution in [0.25, 0.3) is 10.9 Å². The number of nitrogens with one attached hydrogen (secondary N) is 5. The lowest BCUT2D eigenvalue weighted by molar-refractivity contribution is 0.0925. The van der Waals surface area contributed by atoms with E-state index >= 15 is 0 Å². The van der Waals surface area contributed by atoms with Gasteiger partial charge in [-0.2, -0.15) is 0 Å². The molecule has 238 valence electrons. The third-order valence-corrected chi connectivity index (χ3v) is 9.25. The largest absolute Gasteiger partial charge is 0.379 e. The molecule has 1 aromatic heterocycles. The van der Waals surface area contributed by atoms with Gasteiger partial charge in [0.05, 0.1) is 23.8 Å². The van der Waals surface area contributed by atoms with Gasteiger partial charge in [0.1, 0.15) is 40.9 Å². The van der Waals surface area contributed by atoms with Crippen molar-refractivity contribution in [2.24, 2.45) is 17.8 Å². The van der Waals surface area contributed by atoms with E-state index in [2.05, 4.69) is 26.3 Å². The summed E-state index contributed by atoms with van der Waals surface area (Å²) in [5, 5.41) is 13.4. The van der Waals surface area contributed by atoms with Gasteiger partial charge in [-0.15, -0.1) is 0 Å². The van der Waals surface area contributed by atoms with Gasteiger partial charge in [0.15, 0.2) is 0 Å². The van der Waals surface area contributed by atoms with Crippen molar-refractivity contribution in [3.05, 3.63) is 59.2 Å². The van der Waals surface area contributed by atoms with Crippen LogP contribution in [0, 0.1) is 17.8 Å². The molecule has 1 saturated carbocycles. The second kappa shape index (κ2) is 16.5. The summed E-state index contributed by atoms with van der Waals surface area (Å²) in [5.41, 5.74) is 1.95. The average Bonchev–Trinajstić information content (AvgIpc) is 3.71. The molecular formula is C35H43N5O5. The van der Waals surface area contributed by atoms with Gasteiger partial charge in [-0.3, -0.25) is 4.79 Å². The number of para-hydroxylation sites is 1. The summed E-state index contributed by atoms with van der Waals surface area (Å²) in [5.74, 6) is 7.48. The molecule has 1 aromatic carbocycles. The summed E-state index contributed by atoms with van der Waals surface area (Å²) in [6.07, 6.45) is 8.91. The van der Waals surface area contributed by atoms with E-state index in [0.29, 0.717) is 49.5 Å². The molecular weight excluding hydrogens is 570 g/mol. The van der Waals surface area contributed by atoms with Crippen LogP contribution < -0.4 is 21.3 Å². The molecule has 1 saturated heterocycles. The lowest BCUT2D eigenvalue weighted by Gasteiger charge is -2.33. The van der Waals surface area contributed by atoms with E-state index in [1.54, 1.807) is 6.07 Å². The number of H-pyrrole nitrogens is 1. The molecule has 2 aromatic rings. The molecule has 2 aliphatic rings. The van der Waals surface area contributed by atoms with Crippen molar-refractivity contribution in [3.8, 4) is 0 Å². The number of carbonyl (C=O) groups is 1. The highest BCUT2D eigenvalue weighted by molar-refractivity contribution is 5.98. The molecule has 1 unspecified atom stereocenters. The van der Waals surface area contributed by atoms with E-state index in [1.807, 2.05) is 61.9 Å². The van der Waals surface area contributed by atoms with Crippen molar-refractivity contribution < 1.29 is 24.0 Å². The third kappa shape index (κ3) is 8.76. The molecule has 2 fully saturated rings. The van der Waals surface area contributed by atoms with Crippen LogP contribution in [-0.4, -0.2) is 59.3 Å². The van der Waals surface area contributed by atoms with Crippen LogP contribution in [0.1, 0.15) is 82.1 Å². The zero-order chi connectivity index (χ0) is 32.2. The monoisotopic (exact) mass is 613 g/mol. The maximum atomic E-state index is 13.4. The van der Waals surface area contributed by atoms with Crippen LogP contribution in [0.3, 0.4) is 0 Å². The Labute approximate surface area is 263 Å². The van der Waals surface area contributed by atoms with Crippen LogP contribution in [0.15, 0.2) is 53.5 Å². The fourth-order valence-electron chi connectivity index (χ4n) is 6.51. The smallest absolute Gasteiger partial charge is 0.268 e. The van der Waals surface area contributed by atoms with Gasteiger partial charge in [0.2, 0.25) is 0 Å². The standard InChI is InChI=1S/C35H43N5O5/c1-3-23(2)34(40-35(45)30-19-25-11-7-8-12-28(25)38-30)33(22-44)39-29(17-24-9-5-4-6-10-24)32(21-43)37-27(14-16-41)18-26-13-15-36-31(26)20-42/h7-8,11-12,14,19,23-24,26-27,29,34,36-39H,3-6,9-10,13,15,17-18H2,1-2H3,(H,40,45)/t23?,26-,27+,29-,34-/m0/s1. The lowest BCUT2D eigenvalue weighted by Crippen LogP contribution is -2.49. The lowest BCUT2D eigenvalue weighted by atomic mass is 9.83. The number of carbonyl (C=O) groups excluding carboxylic acids is 5. The Kier molecular flexibility index (Phi) is 12.2. The Hall–Kier alpha value is -4.57. The molecule has 10 nitrogen and oxygen atoms in total. The summed E-state index contributed by atoms with van der Waals surface area (Å²) in [6.45, 7) is 4.55. The first-order valence-corrected chi connectivity index (χ1v) is 16.0. The molecule has 1 aliphatic heterocycles.